The van der Waals surface area contributed by atoms with Gasteiger partial charge in [-0.3, -0.25) is 9.59 Å². The van der Waals surface area contributed by atoms with Gasteiger partial charge >= 0.3 is 5.97 Å². The molecule has 0 heterocycles. The summed E-state index contributed by atoms with van der Waals surface area (Å²) in [7, 11) is 1.53. The molecule has 0 unspecified atom stereocenters. The number of hydrogen-bond donors (Lipinski definition) is 1. The Morgan fingerprint density at radius 1 is 1.24 bits per heavy atom. The highest BCUT2D eigenvalue weighted by Gasteiger charge is 2.38. The fourth-order valence-corrected chi connectivity index (χ4v) is 3.16. The van der Waals surface area contributed by atoms with Gasteiger partial charge in [-0.1, -0.05) is 25.0 Å². The second-order valence-corrected chi connectivity index (χ2v) is 5.86. The molecule has 0 aliphatic heterocycles. The molecular weight excluding hydrogens is 273 g/mol. The van der Waals surface area contributed by atoms with Crippen molar-refractivity contribution in [2.24, 2.45) is 5.41 Å². The first-order chi connectivity index (χ1) is 9.93. The Labute approximate surface area is 123 Å². The van der Waals surface area contributed by atoms with E-state index >= 15 is 0 Å². The Morgan fingerprint density at radius 2 is 1.86 bits per heavy atom. The van der Waals surface area contributed by atoms with Crippen molar-refractivity contribution in [1.82, 2.24) is 0 Å². The number of carboxylic acid groups (broad SMARTS) is 1. The average Bonchev–Trinajstić information content (AvgIpc) is 2.85. The van der Waals surface area contributed by atoms with Crippen molar-refractivity contribution >= 4 is 17.6 Å². The van der Waals surface area contributed by atoms with Crippen LogP contribution >= 0.6 is 0 Å². The molecular formula is C16H20FNO3. The lowest BCUT2D eigenvalue weighted by atomic mass is 9.79. The van der Waals surface area contributed by atoms with Gasteiger partial charge in [0, 0.05) is 13.5 Å². The number of rotatable bonds is 5. The van der Waals surface area contributed by atoms with Crippen LogP contribution in [0.25, 0.3) is 0 Å². The molecule has 114 valence electrons. The average molecular weight is 293 g/mol. The number of anilines is 1. The van der Waals surface area contributed by atoms with Gasteiger partial charge in [-0.2, -0.15) is 0 Å². The standard InChI is InChI=1S/C16H20FNO3/c1-18(13-7-3-2-6-12(13)17)14(19)10-16(11-15(20)21)8-4-5-9-16/h2-3,6-7H,4-5,8-11H2,1H3,(H,20,21). The number of halogens is 1. The third-order valence-electron chi connectivity index (χ3n) is 4.30. The molecule has 0 aromatic heterocycles. The summed E-state index contributed by atoms with van der Waals surface area (Å²) in [5.41, 5.74) is -0.242. The van der Waals surface area contributed by atoms with Crippen LogP contribution in [0.15, 0.2) is 24.3 Å². The lowest BCUT2D eigenvalue weighted by Gasteiger charge is -2.29. The van der Waals surface area contributed by atoms with E-state index in [1.807, 2.05) is 0 Å². The fourth-order valence-electron chi connectivity index (χ4n) is 3.16. The maximum atomic E-state index is 13.7. The normalized spacial score (nSPS) is 16.7. The smallest absolute Gasteiger partial charge is 0.303 e. The highest BCUT2D eigenvalue weighted by Crippen LogP contribution is 2.44. The number of carbonyl (C=O) groups excluding carboxylic acids is 1. The van der Waals surface area contributed by atoms with E-state index in [4.69, 9.17) is 5.11 Å². The van der Waals surface area contributed by atoms with Gasteiger partial charge < -0.3 is 10.0 Å². The van der Waals surface area contributed by atoms with Gasteiger partial charge in [0.2, 0.25) is 5.91 Å². The summed E-state index contributed by atoms with van der Waals surface area (Å²) in [6, 6.07) is 6.10. The van der Waals surface area contributed by atoms with Crippen molar-refractivity contribution in [1.29, 1.82) is 0 Å². The minimum Gasteiger partial charge on any atom is -0.481 e. The van der Waals surface area contributed by atoms with Crippen LogP contribution in [0.4, 0.5) is 10.1 Å². The van der Waals surface area contributed by atoms with Gasteiger partial charge in [-0.25, -0.2) is 4.39 Å². The van der Waals surface area contributed by atoms with Gasteiger partial charge in [0.1, 0.15) is 5.82 Å². The van der Waals surface area contributed by atoms with E-state index in [1.54, 1.807) is 18.2 Å². The SMILES string of the molecule is CN(C(=O)CC1(CC(=O)O)CCCC1)c1ccccc1F. The number of aliphatic carboxylic acids is 1. The van der Waals surface area contributed by atoms with Crippen LogP contribution in [0.3, 0.4) is 0 Å². The van der Waals surface area contributed by atoms with Gasteiger partial charge in [-0.05, 0) is 30.4 Å². The molecule has 0 spiro atoms. The number of carbonyl (C=O) groups is 2. The minimum absolute atomic E-state index is 0.00382. The molecule has 2 rings (SSSR count). The quantitative estimate of drug-likeness (QED) is 0.907. The highest BCUT2D eigenvalue weighted by atomic mass is 19.1. The number of carboxylic acids is 1. The molecule has 0 radical (unpaired) electrons. The summed E-state index contributed by atoms with van der Waals surface area (Å²) in [5.74, 6) is -1.56. The fraction of sp³-hybridized carbons (Fsp3) is 0.500. The third-order valence-corrected chi connectivity index (χ3v) is 4.30. The van der Waals surface area contributed by atoms with Crippen LogP contribution in [0.1, 0.15) is 38.5 Å². The van der Waals surface area contributed by atoms with E-state index in [1.165, 1.54) is 18.0 Å². The lowest BCUT2D eigenvalue weighted by molar-refractivity contribution is -0.140. The van der Waals surface area contributed by atoms with Gasteiger partial charge in [0.05, 0.1) is 12.1 Å². The summed E-state index contributed by atoms with van der Waals surface area (Å²) in [5, 5.41) is 9.07. The minimum atomic E-state index is -0.877. The van der Waals surface area contributed by atoms with Crippen LogP contribution in [0.5, 0.6) is 0 Å². The maximum Gasteiger partial charge on any atom is 0.303 e. The molecule has 1 aliphatic carbocycles. The van der Waals surface area contributed by atoms with Crippen molar-refractivity contribution in [3.8, 4) is 0 Å². The summed E-state index contributed by atoms with van der Waals surface area (Å²) in [4.78, 5) is 24.7. The molecule has 1 aliphatic rings. The predicted molar refractivity (Wildman–Crippen MR) is 77.6 cm³/mol. The van der Waals surface area contributed by atoms with E-state index < -0.39 is 17.2 Å². The Morgan fingerprint density at radius 3 is 2.43 bits per heavy atom. The molecule has 1 aromatic rings. The van der Waals surface area contributed by atoms with E-state index in [0.29, 0.717) is 0 Å². The second kappa shape index (κ2) is 6.24. The topological polar surface area (TPSA) is 57.6 Å². The number of amides is 1. The van der Waals surface area contributed by atoms with Gasteiger partial charge in [0.25, 0.3) is 0 Å². The van der Waals surface area contributed by atoms with E-state index in [2.05, 4.69) is 0 Å². The summed E-state index contributed by atoms with van der Waals surface area (Å²) >= 11 is 0. The molecule has 21 heavy (non-hydrogen) atoms. The molecule has 1 amide bonds. The second-order valence-electron chi connectivity index (χ2n) is 5.86. The van der Waals surface area contributed by atoms with Gasteiger partial charge in [-0.15, -0.1) is 0 Å². The van der Waals surface area contributed by atoms with E-state index in [0.717, 1.165) is 25.7 Å². The van der Waals surface area contributed by atoms with Crippen molar-refractivity contribution in [3.63, 3.8) is 0 Å². The zero-order valence-corrected chi connectivity index (χ0v) is 12.1. The van der Waals surface area contributed by atoms with Gasteiger partial charge in [0.15, 0.2) is 0 Å². The first-order valence-corrected chi connectivity index (χ1v) is 7.16. The summed E-state index contributed by atoms with van der Waals surface area (Å²) in [6.07, 6.45) is 3.55. The van der Waals surface area contributed by atoms with Crippen LogP contribution < -0.4 is 4.90 Å². The van der Waals surface area contributed by atoms with Crippen LogP contribution in [0, 0.1) is 11.2 Å². The molecule has 1 saturated carbocycles. The Hall–Kier alpha value is -1.91. The van der Waals surface area contributed by atoms with Crippen molar-refractivity contribution < 1.29 is 19.1 Å². The number of benzene rings is 1. The van der Waals surface area contributed by atoms with Crippen molar-refractivity contribution in [3.05, 3.63) is 30.1 Å². The highest BCUT2D eigenvalue weighted by molar-refractivity contribution is 5.93. The number of nitrogens with zero attached hydrogens (tertiary/aromatic N) is 1. The van der Waals surface area contributed by atoms with Crippen LogP contribution in [0.2, 0.25) is 0 Å². The first kappa shape index (κ1) is 15.5. The summed E-state index contributed by atoms with van der Waals surface area (Å²) < 4.78 is 13.7. The molecule has 0 bridgehead atoms. The molecule has 1 fully saturated rings. The Bertz CT molecular complexity index is 538. The first-order valence-electron chi connectivity index (χ1n) is 7.16. The number of para-hydroxylation sites is 1. The predicted octanol–water partition coefficient (Wildman–Crippen LogP) is 3.21. The lowest BCUT2D eigenvalue weighted by Crippen LogP contribution is -2.34. The molecule has 5 heteroatoms. The van der Waals surface area contributed by atoms with Crippen LogP contribution in [-0.2, 0) is 9.59 Å². The van der Waals surface area contributed by atoms with Crippen LogP contribution in [-0.4, -0.2) is 24.0 Å². The van der Waals surface area contributed by atoms with Crippen molar-refractivity contribution in [2.45, 2.75) is 38.5 Å². The zero-order chi connectivity index (χ0) is 15.5. The Kier molecular flexibility index (Phi) is 4.60. The summed E-state index contributed by atoms with van der Waals surface area (Å²) in [6.45, 7) is 0. The number of hydrogen-bond acceptors (Lipinski definition) is 2. The monoisotopic (exact) mass is 293 g/mol. The molecule has 1 aromatic carbocycles. The zero-order valence-electron chi connectivity index (χ0n) is 12.1. The van der Waals surface area contributed by atoms with E-state index in [-0.39, 0.29) is 24.4 Å². The largest absolute Gasteiger partial charge is 0.481 e. The molecule has 0 saturated heterocycles. The van der Waals surface area contributed by atoms with Crippen molar-refractivity contribution in [2.75, 3.05) is 11.9 Å². The Balaban J connectivity index is 2.12. The third kappa shape index (κ3) is 3.60. The molecule has 1 N–H and O–H groups in total. The maximum absolute atomic E-state index is 13.7. The van der Waals surface area contributed by atoms with E-state index in [9.17, 15) is 14.0 Å². The molecule has 4 nitrogen and oxygen atoms in total. The molecule has 0 atom stereocenters.